The van der Waals surface area contributed by atoms with Crippen molar-refractivity contribution in [3.8, 4) is 0 Å². The number of carbonyl (C=O) groups is 3. The maximum absolute atomic E-state index is 13.3. The van der Waals surface area contributed by atoms with Crippen molar-refractivity contribution in [2.24, 2.45) is 5.92 Å². The van der Waals surface area contributed by atoms with Crippen molar-refractivity contribution in [2.75, 3.05) is 14.2 Å². The molecular formula is C28H33N3O5. The number of nitrogens with zero attached hydrogens (tertiary/aromatic N) is 1. The summed E-state index contributed by atoms with van der Waals surface area (Å²) in [4.78, 5) is 43.9. The summed E-state index contributed by atoms with van der Waals surface area (Å²) in [6.45, 7) is 3.70. The van der Waals surface area contributed by atoms with Crippen molar-refractivity contribution < 1.29 is 24.0 Å². The van der Waals surface area contributed by atoms with E-state index in [1.54, 1.807) is 0 Å². The quantitative estimate of drug-likeness (QED) is 0.420. The third-order valence-electron chi connectivity index (χ3n) is 5.94. The number of ether oxygens (including phenoxy) is 1. The van der Waals surface area contributed by atoms with E-state index in [1.165, 1.54) is 14.2 Å². The second-order valence-corrected chi connectivity index (χ2v) is 8.85. The van der Waals surface area contributed by atoms with Crippen molar-refractivity contribution in [1.82, 2.24) is 15.7 Å². The van der Waals surface area contributed by atoms with E-state index in [4.69, 9.17) is 9.57 Å². The largest absolute Gasteiger partial charge is 0.445 e. The van der Waals surface area contributed by atoms with Crippen LogP contribution in [-0.2, 0) is 32.2 Å². The number of amides is 3. The summed E-state index contributed by atoms with van der Waals surface area (Å²) in [6.07, 6.45) is -0.457. The van der Waals surface area contributed by atoms with Crippen LogP contribution < -0.4 is 10.6 Å². The molecule has 2 N–H and O–H groups in total. The fraction of sp³-hybridized carbons (Fsp3) is 0.321. The molecule has 0 heterocycles. The van der Waals surface area contributed by atoms with Crippen LogP contribution in [0.1, 0.15) is 25.0 Å². The van der Waals surface area contributed by atoms with Gasteiger partial charge in [0, 0.05) is 13.5 Å². The summed E-state index contributed by atoms with van der Waals surface area (Å²) >= 11 is 0. The predicted octanol–water partition coefficient (Wildman–Crippen LogP) is 3.84. The van der Waals surface area contributed by atoms with E-state index in [1.807, 2.05) is 86.6 Å². The minimum atomic E-state index is -0.906. The molecule has 2 atom stereocenters. The van der Waals surface area contributed by atoms with Crippen LogP contribution >= 0.6 is 0 Å². The zero-order valence-electron chi connectivity index (χ0n) is 21.1. The highest BCUT2D eigenvalue weighted by Gasteiger charge is 2.31. The molecule has 0 aliphatic heterocycles. The van der Waals surface area contributed by atoms with Crippen molar-refractivity contribution in [2.45, 2.75) is 39.0 Å². The van der Waals surface area contributed by atoms with Crippen LogP contribution in [0.25, 0.3) is 10.8 Å². The molecular weight excluding hydrogens is 458 g/mol. The molecule has 0 spiro atoms. The second-order valence-electron chi connectivity index (χ2n) is 8.85. The van der Waals surface area contributed by atoms with E-state index in [9.17, 15) is 14.4 Å². The van der Waals surface area contributed by atoms with Gasteiger partial charge in [-0.1, -0.05) is 86.6 Å². The smallest absolute Gasteiger partial charge is 0.408 e. The summed E-state index contributed by atoms with van der Waals surface area (Å²) in [5.41, 5.74) is 1.74. The molecule has 3 amide bonds. The van der Waals surface area contributed by atoms with Crippen molar-refractivity contribution in [1.29, 1.82) is 0 Å². The lowest BCUT2D eigenvalue weighted by molar-refractivity contribution is -0.171. The van der Waals surface area contributed by atoms with Crippen LogP contribution in [0.4, 0.5) is 4.79 Å². The Labute approximate surface area is 211 Å². The number of nitrogens with one attached hydrogen (secondary N) is 2. The molecule has 0 bridgehead atoms. The first-order valence-corrected chi connectivity index (χ1v) is 11.9. The number of carbonyl (C=O) groups excluding carboxylic acids is 3. The monoisotopic (exact) mass is 491 g/mol. The molecule has 0 aromatic heterocycles. The summed E-state index contributed by atoms with van der Waals surface area (Å²) in [7, 11) is 2.87. The Kier molecular flexibility index (Phi) is 9.41. The number of benzene rings is 3. The Hall–Kier alpha value is -3.91. The molecule has 0 radical (unpaired) electrons. The van der Waals surface area contributed by atoms with Gasteiger partial charge in [-0.2, -0.15) is 0 Å². The summed E-state index contributed by atoms with van der Waals surface area (Å²) in [5, 5.41) is 8.58. The van der Waals surface area contributed by atoms with Gasteiger partial charge in [0.15, 0.2) is 0 Å². The molecule has 3 aromatic rings. The third kappa shape index (κ3) is 7.05. The van der Waals surface area contributed by atoms with Gasteiger partial charge in [0.1, 0.15) is 18.7 Å². The van der Waals surface area contributed by atoms with E-state index in [0.717, 1.165) is 27.0 Å². The summed E-state index contributed by atoms with van der Waals surface area (Å²) in [5.74, 6) is -1.14. The van der Waals surface area contributed by atoms with E-state index in [-0.39, 0.29) is 18.9 Å². The minimum Gasteiger partial charge on any atom is -0.445 e. The predicted molar refractivity (Wildman–Crippen MR) is 138 cm³/mol. The van der Waals surface area contributed by atoms with Crippen LogP contribution in [0.5, 0.6) is 0 Å². The first-order chi connectivity index (χ1) is 17.3. The molecule has 0 fully saturated rings. The third-order valence-corrected chi connectivity index (χ3v) is 5.94. The molecule has 0 saturated carbocycles. The lowest BCUT2D eigenvalue weighted by Crippen LogP contribution is -2.56. The SMILES string of the molecule is CON(C)C(=O)[C@H](Cc1cccc2ccccc12)NC(=O)[C@@H](NC(=O)OCc1ccccc1)C(C)C. The van der Waals surface area contributed by atoms with Gasteiger partial charge in [0.25, 0.3) is 5.91 Å². The van der Waals surface area contributed by atoms with E-state index >= 15 is 0 Å². The second kappa shape index (κ2) is 12.7. The number of rotatable bonds is 10. The number of alkyl carbamates (subject to hydrolysis) is 1. The van der Waals surface area contributed by atoms with E-state index < -0.39 is 30.0 Å². The maximum Gasteiger partial charge on any atom is 0.408 e. The topological polar surface area (TPSA) is 97.0 Å². The van der Waals surface area contributed by atoms with E-state index in [2.05, 4.69) is 10.6 Å². The van der Waals surface area contributed by atoms with E-state index in [0.29, 0.717) is 0 Å². The molecule has 0 saturated heterocycles. The maximum atomic E-state index is 13.3. The van der Waals surface area contributed by atoms with Crippen molar-refractivity contribution in [3.05, 3.63) is 83.9 Å². The highest BCUT2D eigenvalue weighted by Crippen LogP contribution is 2.20. The number of fused-ring (bicyclic) bond motifs is 1. The van der Waals surface area contributed by atoms with Crippen molar-refractivity contribution >= 4 is 28.7 Å². The molecule has 8 heteroatoms. The molecule has 36 heavy (non-hydrogen) atoms. The van der Waals surface area contributed by atoms with Crippen LogP contribution in [0.3, 0.4) is 0 Å². The van der Waals surface area contributed by atoms with Gasteiger partial charge in [-0.05, 0) is 27.8 Å². The van der Waals surface area contributed by atoms with Gasteiger partial charge in [0.05, 0.1) is 7.11 Å². The number of hydroxylamine groups is 2. The van der Waals surface area contributed by atoms with Crippen LogP contribution in [-0.4, -0.2) is 49.2 Å². The first-order valence-electron chi connectivity index (χ1n) is 11.9. The highest BCUT2D eigenvalue weighted by molar-refractivity contribution is 5.92. The van der Waals surface area contributed by atoms with Crippen LogP contribution in [0, 0.1) is 5.92 Å². The minimum absolute atomic E-state index is 0.0833. The van der Waals surface area contributed by atoms with Gasteiger partial charge in [-0.25, -0.2) is 9.86 Å². The van der Waals surface area contributed by atoms with Gasteiger partial charge < -0.3 is 15.4 Å². The molecule has 190 valence electrons. The molecule has 3 aromatic carbocycles. The lowest BCUT2D eigenvalue weighted by atomic mass is 9.97. The van der Waals surface area contributed by atoms with Crippen molar-refractivity contribution in [3.63, 3.8) is 0 Å². The fourth-order valence-electron chi connectivity index (χ4n) is 3.89. The summed E-state index contributed by atoms with van der Waals surface area (Å²) < 4.78 is 5.29. The number of hydrogen-bond donors (Lipinski definition) is 2. The van der Waals surface area contributed by atoms with Gasteiger partial charge in [-0.3, -0.25) is 14.4 Å². The standard InChI is InChI=1S/C28H33N3O5/c1-19(2)25(30-28(34)36-18-20-11-6-5-7-12-20)26(32)29-24(27(33)31(3)35-4)17-22-15-10-14-21-13-8-9-16-23(21)22/h5-16,19,24-25H,17-18H2,1-4H3,(H,29,32)(H,30,34)/t24-,25-/m0/s1. The Morgan fingerprint density at radius 3 is 2.25 bits per heavy atom. The molecule has 0 aliphatic rings. The van der Waals surface area contributed by atoms with Gasteiger partial charge in [0.2, 0.25) is 5.91 Å². The fourth-order valence-corrected chi connectivity index (χ4v) is 3.89. The zero-order valence-corrected chi connectivity index (χ0v) is 21.1. The Morgan fingerprint density at radius 2 is 1.56 bits per heavy atom. The Balaban J connectivity index is 1.75. The molecule has 8 nitrogen and oxygen atoms in total. The molecule has 0 unspecified atom stereocenters. The Morgan fingerprint density at radius 1 is 0.889 bits per heavy atom. The van der Waals surface area contributed by atoms with Crippen LogP contribution in [0.2, 0.25) is 0 Å². The van der Waals surface area contributed by atoms with Gasteiger partial charge in [-0.15, -0.1) is 0 Å². The van der Waals surface area contributed by atoms with Crippen LogP contribution in [0.15, 0.2) is 72.8 Å². The number of likely N-dealkylation sites (N-methyl/N-ethyl adjacent to an activating group) is 1. The lowest BCUT2D eigenvalue weighted by Gasteiger charge is -2.27. The zero-order chi connectivity index (χ0) is 26.1. The average Bonchev–Trinajstić information content (AvgIpc) is 2.89. The molecule has 3 rings (SSSR count). The van der Waals surface area contributed by atoms with Gasteiger partial charge >= 0.3 is 6.09 Å². The number of hydrogen-bond acceptors (Lipinski definition) is 5. The average molecular weight is 492 g/mol. The molecule has 0 aliphatic carbocycles. The summed E-state index contributed by atoms with van der Waals surface area (Å²) in [6, 6.07) is 21.2. The highest BCUT2D eigenvalue weighted by atomic mass is 16.7. The normalized spacial score (nSPS) is 12.6. The Bertz CT molecular complexity index is 1180. The first kappa shape index (κ1) is 26.7.